The molecule has 0 aromatic heterocycles. The zero-order valence-electron chi connectivity index (χ0n) is 9.96. The fraction of sp³-hybridized carbons (Fsp3) is 0.538. The Bertz CT molecular complexity index is 345. The molecule has 1 aromatic rings. The van der Waals surface area contributed by atoms with Crippen LogP contribution in [0.5, 0.6) is 0 Å². The zero-order chi connectivity index (χ0) is 11.5. The van der Waals surface area contributed by atoms with Crippen molar-refractivity contribution >= 4 is 17.3 Å². The van der Waals surface area contributed by atoms with Crippen LogP contribution in [-0.4, -0.2) is 25.7 Å². The van der Waals surface area contributed by atoms with Gasteiger partial charge in [-0.1, -0.05) is 23.7 Å². The number of para-hydroxylation sites is 1. The van der Waals surface area contributed by atoms with E-state index in [1.165, 1.54) is 17.7 Å². The highest BCUT2D eigenvalue weighted by atomic mass is 35.5. The summed E-state index contributed by atoms with van der Waals surface area (Å²) in [4.78, 5) is 2.41. The van der Waals surface area contributed by atoms with Crippen LogP contribution in [-0.2, 0) is 0 Å². The summed E-state index contributed by atoms with van der Waals surface area (Å²) in [5, 5.41) is 4.37. The predicted molar refractivity (Wildman–Crippen MR) is 70.5 cm³/mol. The summed E-state index contributed by atoms with van der Waals surface area (Å²) < 4.78 is 0. The van der Waals surface area contributed by atoms with Crippen LogP contribution in [0.4, 0.5) is 5.69 Å². The van der Waals surface area contributed by atoms with Crippen LogP contribution in [0.2, 0.25) is 5.02 Å². The number of rotatable bonds is 1. The molecule has 1 saturated heterocycles. The average molecular weight is 239 g/mol. The third kappa shape index (κ3) is 2.50. The standard InChI is InChI=1S/C13H19ClN2/c1-10-5-3-6-12(14)13(10)16-8-4-7-15-11(2)9-16/h3,5-6,11,15H,4,7-9H2,1-2H3. The molecular formula is C13H19ClN2. The van der Waals surface area contributed by atoms with Crippen LogP contribution in [0.25, 0.3) is 0 Å². The lowest BCUT2D eigenvalue weighted by Crippen LogP contribution is -2.35. The molecule has 0 radical (unpaired) electrons. The van der Waals surface area contributed by atoms with Gasteiger partial charge in [0.15, 0.2) is 0 Å². The fourth-order valence-electron chi connectivity index (χ4n) is 2.33. The van der Waals surface area contributed by atoms with Gasteiger partial charge in [0.2, 0.25) is 0 Å². The van der Waals surface area contributed by atoms with E-state index in [9.17, 15) is 0 Å². The maximum atomic E-state index is 6.30. The zero-order valence-corrected chi connectivity index (χ0v) is 10.7. The number of anilines is 1. The first-order valence-electron chi connectivity index (χ1n) is 5.92. The van der Waals surface area contributed by atoms with Crippen molar-refractivity contribution in [2.24, 2.45) is 0 Å². The summed E-state index contributed by atoms with van der Waals surface area (Å²) >= 11 is 6.30. The third-order valence-electron chi connectivity index (χ3n) is 3.10. The Morgan fingerprint density at radius 3 is 3.00 bits per heavy atom. The van der Waals surface area contributed by atoms with E-state index in [1.54, 1.807) is 0 Å². The maximum Gasteiger partial charge on any atom is 0.0642 e. The summed E-state index contributed by atoms with van der Waals surface area (Å²) in [6, 6.07) is 6.65. The Hall–Kier alpha value is -0.730. The highest BCUT2D eigenvalue weighted by Crippen LogP contribution is 2.30. The van der Waals surface area contributed by atoms with E-state index in [2.05, 4.69) is 30.1 Å². The van der Waals surface area contributed by atoms with E-state index >= 15 is 0 Å². The molecule has 1 heterocycles. The lowest BCUT2D eigenvalue weighted by atomic mass is 10.1. The summed E-state index contributed by atoms with van der Waals surface area (Å²) in [6.45, 7) is 7.57. The Morgan fingerprint density at radius 2 is 2.25 bits per heavy atom. The molecule has 3 heteroatoms. The average Bonchev–Trinajstić information content (AvgIpc) is 2.43. The van der Waals surface area contributed by atoms with Gasteiger partial charge in [-0.2, -0.15) is 0 Å². The van der Waals surface area contributed by atoms with E-state index in [0.29, 0.717) is 6.04 Å². The SMILES string of the molecule is Cc1cccc(Cl)c1N1CCCNC(C)C1. The molecule has 1 aromatic carbocycles. The summed E-state index contributed by atoms with van der Waals surface area (Å²) in [7, 11) is 0. The minimum Gasteiger partial charge on any atom is -0.369 e. The first-order chi connectivity index (χ1) is 7.68. The predicted octanol–water partition coefficient (Wildman–Crippen LogP) is 2.84. The number of aryl methyl sites for hydroxylation is 1. The van der Waals surface area contributed by atoms with Crippen molar-refractivity contribution in [2.45, 2.75) is 26.3 Å². The maximum absolute atomic E-state index is 6.30. The third-order valence-corrected chi connectivity index (χ3v) is 3.40. The van der Waals surface area contributed by atoms with Gasteiger partial charge in [-0.3, -0.25) is 0 Å². The molecule has 2 nitrogen and oxygen atoms in total. The van der Waals surface area contributed by atoms with E-state index < -0.39 is 0 Å². The number of hydrogen-bond donors (Lipinski definition) is 1. The number of hydrogen-bond acceptors (Lipinski definition) is 2. The second-order valence-corrected chi connectivity index (χ2v) is 4.97. The highest BCUT2D eigenvalue weighted by molar-refractivity contribution is 6.33. The lowest BCUT2D eigenvalue weighted by Gasteiger charge is -2.27. The molecule has 88 valence electrons. The quantitative estimate of drug-likeness (QED) is 0.810. The van der Waals surface area contributed by atoms with Gasteiger partial charge in [-0.05, 0) is 38.4 Å². The van der Waals surface area contributed by atoms with Gasteiger partial charge >= 0.3 is 0 Å². The van der Waals surface area contributed by atoms with Crippen molar-refractivity contribution in [1.82, 2.24) is 5.32 Å². The van der Waals surface area contributed by atoms with Crippen molar-refractivity contribution in [3.8, 4) is 0 Å². The summed E-state index contributed by atoms with van der Waals surface area (Å²) in [6.07, 6.45) is 1.18. The molecule has 0 amide bonds. The minimum absolute atomic E-state index is 0.526. The molecule has 1 atom stereocenters. The molecule has 0 bridgehead atoms. The molecule has 16 heavy (non-hydrogen) atoms. The van der Waals surface area contributed by atoms with Gasteiger partial charge in [0.25, 0.3) is 0 Å². The number of halogens is 1. The molecule has 0 saturated carbocycles. The molecule has 2 rings (SSSR count). The van der Waals surface area contributed by atoms with Crippen LogP contribution in [0.15, 0.2) is 18.2 Å². The van der Waals surface area contributed by atoms with Crippen molar-refractivity contribution in [3.63, 3.8) is 0 Å². The molecule has 0 spiro atoms. The fourth-order valence-corrected chi connectivity index (χ4v) is 2.67. The van der Waals surface area contributed by atoms with E-state index in [1.807, 2.05) is 12.1 Å². The van der Waals surface area contributed by atoms with Crippen LogP contribution < -0.4 is 10.2 Å². The minimum atomic E-state index is 0.526. The Morgan fingerprint density at radius 1 is 1.44 bits per heavy atom. The molecule has 1 N–H and O–H groups in total. The summed E-state index contributed by atoms with van der Waals surface area (Å²) in [5.74, 6) is 0. The van der Waals surface area contributed by atoms with Crippen molar-refractivity contribution < 1.29 is 0 Å². The lowest BCUT2D eigenvalue weighted by molar-refractivity contribution is 0.584. The number of nitrogens with zero attached hydrogens (tertiary/aromatic N) is 1. The smallest absolute Gasteiger partial charge is 0.0642 e. The largest absolute Gasteiger partial charge is 0.369 e. The second-order valence-electron chi connectivity index (χ2n) is 4.56. The number of nitrogens with one attached hydrogen (secondary N) is 1. The van der Waals surface area contributed by atoms with E-state index in [-0.39, 0.29) is 0 Å². The number of benzene rings is 1. The molecular weight excluding hydrogens is 220 g/mol. The first kappa shape index (κ1) is 11.7. The molecule has 1 aliphatic rings. The van der Waals surface area contributed by atoms with Crippen LogP contribution in [0.3, 0.4) is 0 Å². The van der Waals surface area contributed by atoms with Crippen molar-refractivity contribution in [2.75, 3.05) is 24.5 Å². The van der Waals surface area contributed by atoms with Crippen LogP contribution >= 0.6 is 11.6 Å². The molecule has 0 aliphatic carbocycles. The van der Waals surface area contributed by atoms with E-state index in [0.717, 1.165) is 24.7 Å². The molecule has 1 aliphatic heterocycles. The summed E-state index contributed by atoms with van der Waals surface area (Å²) in [5.41, 5.74) is 2.47. The van der Waals surface area contributed by atoms with Gasteiger partial charge in [0.1, 0.15) is 0 Å². The second kappa shape index (κ2) is 5.07. The van der Waals surface area contributed by atoms with Crippen LogP contribution in [0, 0.1) is 6.92 Å². The Kier molecular flexibility index (Phi) is 3.72. The Balaban J connectivity index is 2.28. The molecule has 1 unspecified atom stereocenters. The monoisotopic (exact) mass is 238 g/mol. The normalized spacial score (nSPS) is 21.9. The van der Waals surface area contributed by atoms with Gasteiger partial charge in [-0.15, -0.1) is 0 Å². The van der Waals surface area contributed by atoms with Crippen LogP contribution in [0.1, 0.15) is 18.9 Å². The van der Waals surface area contributed by atoms with Gasteiger partial charge in [0.05, 0.1) is 10.7 Å². The molecule has 1 fully saturated rings. The highest BCUT2D eigenvalue weighted by Gasteiger charge is 2.17. The van der Waals surface area contributed by atoms with Crippen molar-refractivity contribution in [1.29, 1.82) is 0 Å². The van der Waals surface area contributed by atoms with E-state index in [4.69, 9.17) is 11.6 Å². The van der Waals surface area contributed by atoms with Gasteiger partial charge < -0.3 is 10.2 Å². The Labute approximate surface area is 103 Å². The van der Waals surface area contributed by atoms with Gasteiger partial charge in [0, 0.05) is 19.1 Å². The topological polar surface area (TPSA) is 15.3 Å². The van der Waals surface area contributed by atoms with Crippen molar-refractivity contribution in [3.05, 3.63) is 28.8 Å². The van der Waals surface area contributed by atoms with Gasteiger partial charge in [-0.25, -0.2) is 0 Å². The first-order valence-corrected chi connectivity index (χ1v) is 6.29.